The van der Waals surface area contributed by atoms with Gasteiger partial charge in [0, 0.05) is 25.1 Å². The lowest BCUT2D eigenvalue weighted by molar-refractivity contribution is -0.145. The standard InChI is InChI=1S/C28H35N5O6S/c29-25(36)21(14-17-8-9-18-5-1-2-6-19(18)13-17)31-27(38)23-7-3-4-12-33(23)28(39)22(15-40-16-34)32-26(37)20-10-11-24(35)30-20/h1-2,5-6,8-9,13,20-23,34H,3-4,7,10-12,14-16H2,(H2,29,36)(H,30,35)(H,31,38)(H,32,37)/t20-,21-,22-,23-/m0/s1. The van der Waals surface area contributed by atoms with Gasteiger partial charge in [0.25, 0.3) is 0 Å². The average Bonchev–Trinajstić information content (AvgIpc) is 3.40. The number of piperidine rings is 1. The minimum Gasteiger partial charge on any atom is -0.386 e. The van der Waals surface area contributed by atoms with E-state index < -0.39 is 47.8 Å². The maximum Gasteiger partial charge on any atom is 0.246 e. The molecular weight excluding hydrogens is 534 g/mol. The molecule has 0 aromatic heterocycles. The maximum atomic E-state index is 13.6. The normalized spacial score (nSPS) is 20.4. The van der Waals surface area contributed by atoms with Crippen molar-refractivity contribution in [3.8, 4) is 0 Å². The highest BCUT2D eigenvalue weighted by atomic mass is 32.2. The number of likely N-dealkylation sites (tertiary alicyclic amines) is 1. The Balaban J connectivity index is 1.46. The Morgan fingerprint density at radius 2 is 1.77 bits per heavy atom. The number of carbonyl (C=O) groups is 5. The molecule has 2 aromatic rings. The molecule has 2 saturated heterocycles. The lowest BCUT2D eigenvalue weighted by Crippen LogP contribution is -2.60. The van der Waals surface area contributed by atoms with Gasteiger partial charge in [0.15, 0.2) is 0 Å². The molecule has 214 valence electrons. The summed E-state index contributed by atoms with van der Waals surface area (Å²) in [6, 6.07) is 10.1. The number of aliphatic hydroxyl groups excluding tert-OH is 1. The van der Waals surface area contributed by atoms with Crippen molar-refractivity contribution in [1.82, 2.24) is 20.9 Å². The maximum absolute atomic E-state index is 13.6. The smallest absolute Gasteiger partial charge is 0.246 e. The summed E-state index contributed by atoms with van der Waals surface area (Å²) in [5, 5.41) is 19.4. The Hall–Kier alpha value is -3.64. The topological polar surface area (TPSA) is 171 Å². The van der Waals surface area contributed by atoms with Crippen LogP contribution in [0.3, 0.4) is 0 Å². The van der Waals surface area contributed by atoms with E-state index in [9.17, 15) is 29.1 Å². The van der Waals surface area contributed by atoms with Gasteiger partial charge in [-0.25, -0.2) is 0 Å². The largest absolute Gasteiger partial charge is 0.386 e. The molecule has 2 fully saturated rings. The number of aliphatic hydroxyl groups is 1. The number of amides is 5. The molecule has 40 heavy (non-hydrogen) atoms. The fourth-order valence-corrected chi connectivity index (χ4v) is 5.76. The summed E-state index contributed by atoms with van der Waals surface area (Å²) in [7, 11) is 0. The number of primary amides is 1. The fourth-order valence-electron chi connectivity index (χ4n) is 5.19. The molecule has 2 aliphatic rings. The number of benzene rings is 2. The summed E-state index contributed by atoms with van der Waals surface area (Å²) in [6.07, 6.45) is 2.55. The third kappa shape index (κ3) is 7.30. The van der Waals surface area contributed by atoms with Gasteiger partial charge in [-0.05, 0) is 42.0 Å². The van der Waals surface area contributed by atoms with E-state index in [0.717, 1.165) is 28.1 Å². The second-order valence-electron chi connectivity index (χ2n) is 10.1. The molecule has 0 saturated carbocycles. The number of thioether (sulfide) groups is 1. The van der Waals surface area contributed by atoms with Crippen LogP contribution < -0.4 is 21.7 Å². The molecular formula is C28H35N5O6S. The van der Waals surface area contributed by atoms with Crippen LogP contribution in [0, 0.1) is 0 Å². The molecule has 2 aromatic carbocycles. The quantitative estimate of drug-likeness (QED) is 0.240. The Bertz CT molecular complexity index is 1270. The zero-order valence-corrected chi connectivity index (χ0v) is 23.0. The lowest BCUT2D eigenvalue weighted by atomic mass is 9.98. The number of hydrogen-bond donors (Lipinski definition) is 5. The monoisotopic (exact) mass is 569 g/mol. The first-order valence-corrected chi connectivity index (χ1v) is 14.6. The van der Waals surface area contributed by atoms with Crippen molar-refractivity contribution in [1.29, 1.82) is 0 Å². The van der Waals surface area contributed by atoms with Gasteiger partial charge in [0.05, 0.1) is 5.94 Å². The van der Waals surface area contributed by atoms with Crippen LogP contribution in [0.15, 0.2) is 42.5 Å². The van der Waals surface area contributed by atoms with Gasteiger partial charge in [-0.2, -0.15) is 0 Å². The second kappa shape index (κ2) is 13.6. The molecule has 4 rings (SSSR count). The van der Waals surface area contributed by atoms with Crippen molar-refractivity contribution < 1.29 is 29.1 Å². The van der Waals surface area contributed by atoms with Crippen molar-refractivity contribution in [2.75, 3.05) is 18.2 Å². The van der Waals surface area contributed by atoms with Gasteiger partial charge < -0.3 is 31.7 Å². The molecule has 11 nitrogen and oxygen atoms in total. The number of hydrogen-bond acceptors (Lipinski definition) is 7. The van der Waals surface area contributed by atoms with Gasteiger partial charge in [-0.15, -0.1) is 11.8 Å². The van der Waals surface area contributed by atoms with Crippen molar-refractivity contribution >= 4 is 52.1 Å². The molecule has 12 heteroatoms. The molecule has 0 radical (unpaired) electrons. The van der Waals surface area contributed by atoms with Crippen LogP contribution in [0.25, 0.3) is 10.8 Å². The lowest BCUT2D eigenvalue weighted by Gasteiger charge is -2.37. The van der Waals surface area contributed by atoms with E-state index in [0.29, 0.717) is 32.2 Å². The van der Waals surface area contributed by atoms with E-state index in [1.54, 1.807) is 0 Å². The third-order valence-corrected chi connectivity index (χ3v) is 8.06. The van der Waals surface area contributed by atoms with E-state index in [1.165, 1.54) is 4.90 Å². The van der Waals surface area contributed by atoms with E-state index in [-0.39, 0.29) is 30.4 Å². The number of nitrogens with zero attached hydrogens (tertiary/aromatic N) is 1. The van der Waals surface area contributed by atoms with Crippen LogP contribution >= 0.6 is 11.8 Å². The molecule has 4 atom stereocenters. The molecule has 0 unspecified atom stereocenters. The third-order valence-electron chi connectivity index (χ3n) is 7.30. The van der Waals surface area contributed by atoms with E-state index in [2.05, 4.69) is 16.0 Å². The van der Waals surface area contributed by atoms with Crippen LogP contribution in [0.4, 0.5) is 0 Å². The molecule has 0 spiro atoms. The van der Waals surface area contributed by atoms with Crippen molar-refractivity contribution in [2.24, 2.45) is 5.73 Å². The van der Waals surface area contributed by atoms with Crippen LogP contribution in [0.2, 0.25) is 0 Å². The van der Waals surface area contributed by atoms with Crippen molar-refractivity contribution in [2.45, 2.75) is 62.7 Å². The van der Waals surface area contributed by atoms with E-state index >= 15 is 0 Å². The van der Waals surface area contributed by atoms with Crippen LogP contribution in [-0.4, -0.2) is 81.9 Å². The number of carbonyl (C=O) groups excluding carboxylic acids is 5. The van der Waals surface area contributed by atoms with Crippen molar-refractivity contribution in [3.63, 3.8) is 0 Å². The SMILES string of the molecule is NC(=O)[C@H](Cc1ccc2ccccc2c1)NC(=O)[C@@H]1CCCCN1C(=O)[C@H](CSCO)NC(=O)[C@@H]1CCC(=O)N1. The number of fused-ring (bicyclic) bond motifs is 1. The van der Waals surface area contributed by atoms with Crippen LogP contribution in [-0.2, 0) is 30.4 Å². The first-order valence-electron chi connectivity index (χ1n) is 13.4. The molecule has 2 heterocycles. The predicted octanol–water partition coefficient (Wildman–Crippen LogP) is 0.180. The van der Waals surface area contributed by atoms with Crippen molar-refractivity contribution in [3.05, 3.63) is 48.0 Å². The fraction of sp³-hybridized carbons (Fsp3) is 0.464. The highest BCUT2D eigenvalue weighted by Gasteiger charge is 2.38. The van der Waals surface area contributed by atoms with Crippen LogP contribution in [0.5, 0.6) is 0 Å². The highest BCUT2D eigenvalue weighted by molar-refractivity contribution is 7.99. The van der Waals surface area contributed by atoms with Gasteiger partial charge in [-0.1, -0.05) is 42.5 Å². The van der Waals surface area contributed by atoms with Gasteiger partial charge in [0.2, 0.25) is 29.5 Å². The van der Waals surface area contributed by atoms with Gasteiger partial charge in [-0.3, -0.25) is 24.0 Å². The number of rotatable bonds is 11. The zero-order chi connectivity index (χ0) is 28.6. The zero-order valence-electron chi connectivity index (χ0n) is 22.1. The summed E-state index contributed by atoms with van der Waals surface area (Å²) < 4.78 is 0. The summed E-state index contributed by atoms with van der Waals surface area (Å²) >= 11 is 1.06. The summed E-state index contributed by atoms with van der Waals surface area (Å²) in [6.45, 7) is 0.305. The average molecular weight is 570 g/mol. The summed E-state index contributed by atoms with van der Waals surface area (Å²) in [5.41, 5.74) is 6.49. The minimum absolute atomic E-state index is 0.0957. The minimum atomic E-state index is -1.000. The summed E-state index contributed by atoms with van der Waals surface area (Å²) in [5.74, 6) is -2.49. The van der Waals surface area contributed by atoms with Gasteiger partial charge in [0.1, 0.15) is 24.2 Å². The second-order valence-corrected chi connectivity index (χ2v) is 11.1. The number of nitrogens with one attached hydrogen (secondary N) is 3. The number of nitrogens with two attached hydrogens (primary N) is 1. The van der Waals surface area contributed by atoms with E-state index in [4.69, 9.17) is 5.73 Å². The Kier molecular flexibility index (Phi) is 9.99. The first kappa shape index (κ1) is 29.3. The van der Waals surface area contributed by atoms with Crippen LogP contribution in [0.1, 0.15) is 37.7 Å². The Labute approximate surface area is 236 Å². The molecule has 6 N–H and O–H groups in total. The van der Waals surface area contributed by atoms with Gasteiger partial charge >= 0.3 is 0 Å². The Morgan fingerprint density at radius 1 is 1.02 bits per heavy atom. The highest BCUT2D eigenvalue weighted by Crippen LogP contribution is 2.21. The molecule has 0 bridgehead atoms. The van der Waals surface area contributed by atoms with E-state index in [1.807, 2.05) is 42.5 Å². The first-order chi connectivity index (χ1) is 19.3. The summed E-state index contributed by atoms with van der Waals surface area (Å²) in [4.78, 5) is 65.1. The molecule has 0 aliphatic carbocycles. The molecule has 5 amide bonds. The molecule has 2 aliphatic heterocycles. The predicted molar refractivity (Wildman–Crippen MR) is 151 cm³/mol. The Morgan fingerprint density at radius 3 is 2.48 bits per heavy atom.